The molecular weight excluding hydrogens is 196 g/mol. The SMILES string of the molecule is C=CCc1ccccc1/C=C/C1=NCCN1. The summed E-state index contributed by atoms with van der Waals surface area (Å²) in [6, 6.07) is 8.35. The van der Waals surface area contributed by atoms with Crippen molar-refractivity contribution in [3.8, 4) is 0 Å². The van der Waals surface area contributed by atoms with Gasteiger partial charge < -0.3 is 5.32 Å². The first-order chi connectivity index (χ1) is 7.90. The van der Waals surface area contributed by atoms with Crippen LogP contribution in [0, 0.1) is 0 Å². The van der Waals surface area contributed by atoms with Crippen LogP contribution in [-0.4, -0.2) is 18.9 Å². The lowest BCUT2D eigenvalue weighted by Gasteiger charge is -2.02. The quantitative estimate of drug-likeness (QED) is 0.762. The average Bonchev–Trinajstić information content (AvgIpc) is 2.81. The maximum atomic E-state index is 4.32. The van der Waals surface area contributed by atoms with E-state index in [-0.39, 0.29) is 0 Å². The molecule has 1 aromatic carbocycles. The van der Waals surface area contributed by atoms with Crippen LogP contribution in [-0.2, 0) is 6.42 Å². The van der Waals surface area contributed by atoms with Gasteiger partial charge in [-0.1, -0.05) is 36.4 Å². The molecule has 2 heteroatoms. The minimum atomic E-state index is 0.883. The number of allylic oxidation sites excluding steroid dienone is 1. The van der Waals surface area contributed by atoms with Crippen molar-refractivity contribution in [2.24, 2.45) is 4.99 Å². The van der Waals surface area contributed by atoms with E-state index >= 15 is 0 Å². The fourth-order valence-corrected chi connectivity index (χ4v) is 1.73. The normalized spacial score (nSPS) is 14.9. The summed E-state index contributed by atoms with van der Waals surface area (Å²) in [4.78, 5) is 4.32. The monoisotopic (exact) mass is 212 g/mol. The van der Waals surface area contributed by atoms with Gasteiger partial charge in [0.25, 0.3) is 0 Å². The molecule has 0 amide bonds. The van der Waals surface area contributed by atoms with Crippen molar-refractivity contribution in [2.75, 3.05) is 13.1 Å². The predicted molar refractivity (Wildman–Crippen MR) is 69.7 cm³/mol. The van der Waals surface area contributed by atoms with Crippen LogP contribution in [0.4, 0.5) is 0 Å². The second-order valence-electron chi connectivity index (χ2n) is 3.72. The number of hydrogen-bond donors (Lipinski definition) is 1. The van der Waals surface area contributed by atoms with Crippen LogP contribution >= 0.6 is 0 Å². The van der Waals surface area contributed by atoms with Crippen molar-refractivity contribution in [2.45, 2.75) is 6.42 Å². The van der Waals surface area contributed by atoms with Crippen LogP contribution in [0.5, 0.6) is 0 Å². The molecule has 0 radical (unpaired) electrons. The van der Waals surface area contributed by atoms with E-state index in [1.807, 2.05) is 12.2 Å². The van der Waals surface area contributed by atoms with E-state index in [1.54, 1.807) is 0 Å². The number of hydrogen-bond acceptors (Lipinski definition) is 2. The summed E-state index contributed by atoms with van der Waals surface area (Å²) < 4.78 is 0. The van der Waals surface area contributed by atoms with E-state index < -0.39 is 0 Å². The zero-order valence-electron chi connectivity index (χ0n) is 9.32. The van der Waals surface area contributed by atoms with Gasteiger partial charge in [-0.3, -0.25) is 4.99 Å². The highest BCUT2D eigenvalue weighted by atomic mass is 15.1. The lowest BCUT2D eigenvalue weighted by molar-refractivity contribution is 0.961. The molecule has 1 aliphatic rings. The Balaban J connectivity index is 2.16. The Morgan fingerprint density at radius 3 is 2.94 bits per heavy atom. The number of rotatable bonds is 4. The third-order valence-corrected chi connectivity index (χ3v) is 2.54. The molecule has 0 saturated heterocycles. The van der Waals surface area contributed by atoms with Gasteiger partial charge in [-0.25, -0.2) is 0 Å². The zero-order valence-corrected chi connectivity index (χ0v) is 9.32. The number of nitrogens with zero attached hydrogens (tertiary/aromatic N) is 1. The van der Waals surface area contributed by atoms with Crippen molar-refractivity contribution in [1.29, 1.82) is 0 Å². The van der Waals surface area contributed by atoms with Gasteiger partial charge in [-0.15, -0.1) is 6.58 Å². The first-order valence-electron chi connectivity index (χ1n) is 5.55. The van der Waals surface area contributed by atoms with E-state index in [1.165, 1.54) is 11.1 Å². The number of amidine groups is 1. The third kappa shape index (κ3) is 2.60. The van der Waals surface area contributed by atoms with Gasteiger partial charge in [0.2, 0.25) is 0 Å². The van der Waals surface area contributed by atoms with Gasteiger partial charge >= 0.3 is 0 Å². The van der Waals surface area contributed by atoms with Gasteiger partial charge in [-0.2, -0.15) is 0 Å². The highest BCUT2D eigenvalue weighted by molar-refractivity contribution is 5.97. The Morgan fingerprint density at radius 1 is 1.31 bits per heavy atom. The van der Waals surface area contributed by atoms with Crippen molar-refractivity contribution in [1.82, 2.24) is 5.32 Å². The standard InChI is InChI=1S/C14H16N2/c1-2-5-12-6-3-4-7-13(12)8-9-14-15-10-11-16-14/h2-4,6-9H,1,5,10-11H2,(H,15,16)/b9-8+. The molecule has 0 saturated carbocycles. The van der Waals surface area contributed by atoms with Gasteiger partial charge in [0.1, 0.15) is 5.84 Å². The smallest absolute Gasteiger partial charge is 0.120 e. The topological polar surface area (TPSA) is 24.4 Å². The maximum absolute atomic E-state index is 4.32. The summed E-state index contributed by atoms with van der Waals surface area (Å²) >= 11 is 0. The third-order valence-electron chi connectivity index (χ3n) is 2.54. The second kappa shape index (κ2) is 5.31. The molecule has 1 N–H and O–H groups in total. The molecule has 0 aliphatic carbocycles. The molecule has 2 rings (SSSR count). The molecule has 2 nitrogen and oxygen atoms in total. The first-order valence-corrected chi connectivity index (χ1v) is 5.55. The van der Waals surface area contributed by atoms with Crippen molar-refractivity contribution in [3.05, 3.63) is 54.1 Å². The van der Waals surface area contributed by atoms with Crippen LogP contribution in [0.1, 0.15) is 11.1 Å². The molecule has 16 heavy (non-hydrogen) atoms. The van der Waals surface area contributed by atoms with Crippen molar-refractivity contribution in [3.63, 3.8) is 0 Å². The van der Waals surface area contributed by atoms with Gasteiger partial charge in [0, 0.05) is 6.54 Å². The molecule has 0 aromatic heterocycles. The Hall–Kier alpha value is -1.83. The molecule has 1 aliphatic heterocycles. The summed E-state index contributed by atoms with van der Waals surface area (Å²) in [5.74, 6) is 0.980. The van der Waals surface area contributed by atoms with Crippen LogP contribution in [0.2, 0.25) is 0 Å². The van der Waals surface area contributed by atoms with Gasteiger partial charge in [0.15, 0.2) is 0 Å². The molecule has 0 spiro atoms. The number of aliphatic imine (C=N–C) groups is 1. The number of benzene rings is 1. The van der Waals surface area contributed by atoms with E-state index in [9.17, 15) is 0 Å². The predicted octanol–water partition coefficient (Wildman–Crippen LogP) is 2.43. The van der Waals surface area contributed by atoms with E-state index in [0.717, 1.165) is 25.3 Å². The summed E-state index contributed by atoms with van der Waals surface area (Å²) in [5.41, 5.74) is 2.53. The van der Waals surface area contributed by atoms with Crippen LogP contribution in [0.25, 0.3) is 6.08 Å². The van der Waals surface area contributed by atoms with Gasteiger partial charge in [0.05, 0.1) is 6.54 Å². The summed E-state index contributed by atoms with van der Waals surface area (Å²) in [5, 5.41) is 3.22. The number of nitrogens with one attached hydrogen (secondary N) is 1. The first kappa shape index (κ1) is 10.7. The molecule has 1 heterocycles. The maximum Gasteiger partial charge on any atom is 0.120 e. The van der Waals surface area contributed by atoms with E-state index in [4.69, 9.17) is 0 Å². The lowest BCUT2D eigenvalue weighted by atomic mass is 10.0. The fourth-order valence-electron chi connectivity index (χ4n) is 1.73. The molecule has 0 bridgehead atoms. The fraction of sp³-hybridized carbons (Fsp3) is 0.214. The van der Waals surface area contributed by atoms with Gasteiger partial charge in [-0.05, 0) is 23.6 Å². The molecule has 0 fully saturated rings. The van der Waals surface area contributed by atoms with Crippen LogP contribution < -0.4 is 5.32 Å². The molecule has 82 valence electrons. The molecule has 0 unspecified atom stereocenters. The Morgan fingerprint density at radius 2 is 2.19 bits per heavy atom. The Bertz CT molecular complexity index is 430. The highest BCUT2D eigenvalue weighted by Crippen LogP contribution is 2.11. The van der Waals surface area contributed by atoms with Crippen molar-refractivity contribution >= 4 is 11.9 Å². The summed E-state index contributed by atoms with van der Waals surface area (Å²) in [6.45, 7) is 5.61. The minimum Gasteiger partial charge on any atom is -0.369 e. The second-order valence-corrected chi connectivity index (χ2v) is 3.72. The summed E-state index contributed by atoms with van der Waals surface area (Å²) in [7, 11) is 0. The van der Waals surface area contributed by atoms with Crippen LogP contribution in [0.15, 0.2) is 48.0 Å². The minimum absolute atomic E-state index is 0.883. The van der Waals surface area contributed by atoms with E-state index in [0.29, 0.717) is 0 Å². The summed E-state index contributed by atoms with van der Waals surface area (Å²) in [6.07, 6.45) is 6.98. The Labute approximate surface area is 96.4 Å². The van der Waals surface area contributed by atoms with E-state index in [2.05, 4.69) is 47.2 Å². The lowest BCUT2D eigenvalue weighted by Crippen LogP contribution is -2.15. The van der Waals surface area contributed by atoms with Crippen LogP contribution in [0.3, 0.4) is 0 Å². The largest absolute Gasteiger partial charge is 0.369 e. The Kier molecular flexibility index (Phi) is 3.54. The zero-order chi connectivity index (χ0) is 11.2. The average molecular weight is 212 g/mol. The highest BCUT2D eigenvalue weighted by Gasteiger charge is 2.00. The van der Waals surface area contributed by atoms with Crippen molar-refractivity contribution < 1.29 is 0 Å². The molecule has 0 atom stereocenters. The molecule has 1 aromatic rings. The molecular formula is C14H16N2.